The van der Waals surface area contributed by atoms with Crippen LogP contribution in [-0.4, -0.2) is 77.6 Å². The average molecular weight is 493 g/mol. The number of carbonyl (C=O) groups is 1. The van der Waals surface area contributed by atoms with Crippen LogP contribution in [0.2, 0.25) is 0 Å². The van der Waals surface area contributed by atoms with Crippen molar-refractivity contribution in [1.29, 1.82) is 0 Å². The molecule has 0 unspecified atom stereocenters. The van der Waals surface area contributed by atoms with Gasteiger partial charge in [0.2, 0.25) is 0 Å². The maximum absolute atomic E-state index is 13.7. The van der Waals surface area contributed by atoms with E-state index in [-0.39, 0.29) is 23.5 Å². The number of carbonyl (C=O) groups excluding carboxylic acids is 1. The van der Waals surface area contributed by atoms with Crippen LogP contribution in [0.5, 0.6) is 0 Å². The molecule has 5 rings (SSSR count). The minimum absolute atomic E-state index is 0.0191. The zero-order valence-electron chi connectivity index (χ0n) is 20.4. The zero-order chi connectivity index (χ0) is 24.6. The average Bonchev–Trinajstić information content (AvgIpc) is 3.43. The molecule has 1 amide bonds. The summed E-state index contributed by atoms with van der Waals surface area (Å²) in [5.41, 5.74) is 5.74. The van der Waals surface area contributed by atoms with Crippen LogP contribution in [0.1, 0.15) is 33.5 Å². The number of nitrogens with zero attached hydrogens (tertiary/aromatic N) is 4. The van der Waals surface area contributed by atoms with Gasteiger partial charge < -0.3 is 4.90 Å². The number of hydrogen-bond acceptors (Lipinski definition) is 5. The Morgan fingerprint density at radius 2 is 1.57 bits per heavy atom. The molecule has 35 heavy (non-hydrogen) atoms. The molecule has 0 radical (unpaired) electrons. The van der Waals surface area contributed by atoms with Crippen LogP contribution >= 0.6 is 0 Å². The smallest absolute Gasteiger partial charge is 0.257 e. The number of amides is 1. The molecular formula is C27H32N4O3S. The van der Waals surface area contributed by atoms with Gasteiger partial charge >= 0.3 is 0 Å². The van der Waals surface area contributed by atoms with Gasteiger partial charge in [-0.2, -0.15) is 5.10 Å². The van der Waals surface area contributed by atoms with Crippen molar-refractivity contribution < 1.29 is 13.2 Å². The van der Waals surface area contributed by atoms with Crippen molar-refractivity contribution >= 4 is 15.7 Å². The maximum Gasteiger partial charge on any atom is 0.257 e. The second-order valence-corrected chi connectivity index (χ2v) is 12.1. The van der Waals surface area contributed by atoms with Gasteiger partial charge in [-0.15, -0.1) is 0 Å². The van der Waals surface area contributed by atoms with E-state index >= 15 is 0 Å². The van der Waals surface area contributed by atoms with E-state index < -0.39 is 9.84 Å². The molecular weight excluding hydrogens is 460 g/mol. The molecule has 0 spiro atoms. The van der Waals surface area contributed by atoms with E-state index in [1.807, 2.05) is 47.0 Å². The number of aryl methyl sites for hydroxylation is 2. The summed E-state index contributed by atoms with van der Waals surface area (Å²) in [5, 5.41) is 4.83. The van der Waals surface area contributed by atoms with Gasteiger partial charge in [0, 0.05) is 44.0 Å². The highest BCUT2D eigenvalue weighted by Crippen LogP contribution is 2.26. The Hall–Kier alpha value is -2.97. The molecule has 1 atom stereocenters. The first kappa shape index (κ1) is 23.8. The summed E-state index contributed by atoms with van der Waals surface area (Å²) in [5.74, 6) is 0.496. The van der Waals surface area contributed by atoms with Crippen LogP contribution < -0.4 is 0 Å². The summed E-state index contributed by atoms with van der Waals surface area (Å²) in [7, 11) is -2.92. The molecule has 2 aliphatic rings. The lowest BCUT2D eigenvalue weighted by atomic mass is 10.1. The second kappa shape index (κ2) is 9.59. The second-order valence-electron chi connectivity index (χ2n) is 9.83. The van der Waals surface area contributed by atoms with Crippen molar-refractivity contribution in [3.8, 4) is 11.3 Å². The first-order valence-corrected chi connectivity index (χ1v) is 14.0. The molecule has 2 aromatic carbocycles. The molecule has 3 aromatic rings. The highest BCUT2D eigenvalue weighted by Gasteiger charge is 2.35. The van der Waals surface area contributed by atoms with Crippen molar-refractivity contribution in [3.63, 3.8) is 0 Å². The fourth-order valence-electron chi connectivity index (χ4n) is 4.99. The van der Waals surface area contributed by atoms with E-state index in [1.165, 1.54) is 5.56 Å². The molecule has 184 valence electrons. The number of sulfone groups is 1. The molecule has 1 aromatic heterocycles. The van der Waals surface area contributed by atoms with Crippen LogP contribution in [0.25, 0.3) is 11.3 Å². The van der Waals surface area contributed by atoms with E-state index in [2.05, 4.69) is 36.1 Å². The normalized spacial score (nSPS) is 20.3. The summed E-state index contributed by atoms with van der Waals surface area (Å²) in [4.78, 5) is 17.8. The minimum Gasteiger partial charge on any atom is -0.336 e. The molecule has 2 fully saturated rings. The van der Waals surface area contributed by atoms with Crippen molar-refractivity contribution in [3.05, 3.63) is 77.0 Å². The summed E-state index contributed by atoms with van der Waals surface area (Å²) in [6.07, 6.45) is 2.56. The Balaban J connectivity index is 1.36. The Morgan fingerprint density at radius 1 is 0.943 bits per heavy atom. The lowest BCUT2D eigenvalue weighted by Crippen LogP contribution is -2.52. The summed E-state index contributed by atoms with van der Waals surface area (Å²) < 4.78 is 25.6. The molecule has 3 heterocycles. The van der Waals surface area contributed by atoms with Gasteiger partial charge in [0.1, 0.15) is 5.69 Å². The van der Waals surface area contributed by atoms with Gasteiger partial charge in [0.15, 0.2) is 9.84 Å². The van der Waals surface area contributed by atoms with Crippen LogP contribution in [0, 0.1) is 13.8 Å². The highest BCUT2D eigenvalue weighted by molar-refractivity contribution is 7.91. The fraction of sp³-hybridized carbons (Fsp3) is 0.407. The van der Waals surface area contributed by atoms with Gasteiger partial charge in [0.25, 0.3) is 5.91 Å². The van der Waals surface area contributed by atoms with Gasteiger partial charge in [-0.25, -0.2) is 8.42 Å². The Kier molecular flexibility index (Phi) is 6.51. The standard InChI is InChI=1S/C27H32N4O3S/c1-20-3-7-22(8-4-20)17-31-18-25(26(28-31)23-9-5-21(2)6-10-23)27(32)30-14-12-29(13-15-30)24-11-16-35(33,34)19-24/h3-10,18,24H,11-17,19H2,1-2H3/t24-/m1/s1. The van der Waals surface area contributed by atoms with Gasteiger partial charge in [0.05, 0.1) is 23.6 Å². The molecule has 2 aliphatic heterocycles. The third kappa shape index (κ3) is 5.33. The molecule has 2 saturated heterocycles. The van der Waals surface area contributed by atoms with Gasteiger partial charge in [-0.3, -0.25) is 14.4 Å². The summed E-state index contributed by atoms with van der Waals surface area (Å²) >= 11 is 0. The van der Waals surface area contributed by atoms with Crippen molar-refractivity contribution in [2.24, 2.45) is 0 Å². The first-order chi connectivity index (χ1) is 16.8. The Morgan fingerprint density at radius 3 is 2.17 bits per heavy atom. The molecule has 7 nitrogen and oxygen atoms in total. The third-order valence-corrected chi connectivity index (χ3v) is 8.86. The van der Waals surface area contributed by atoms with Crippen LogP contribution in [0.3, 0.4) is 0 Å². The number of piperazine rings is 1. The molecule has 0 aliphatic carbocycles. The molecule has 0 bridgehead atoms. The fourth-order valence-corrected chi connectivity index (χ4v) is 6.75. The zero-order valence-corrected chi connectivity index (χ0v) is 21.2. The number of benzene rings is 2. The van der Waals surface area contributed by atoms with E-state index in [0.717, 1.165) is 16.7 Å². The highest BCUT2D eigenvalue weighted by atomic mass is 32.2. The van der Waals surface area contributed by atoms with Crippen LogP contribution in [0.15, 0.2) is 54.7 Å². The predicted octanol–water partition coefficient (Wildman–Crippen LogP) is 3.16. The summed E-state index contributed by atoms with van der Waals surface area (Å²) in [6.45, 7) is 7.27. The molecule has 0 N–H and O–H groups in total. The molecule has 0 saturated carbocycles. The maximum atomic E-state index is 13.7. The predicted molar refractivity (Wildman–Crippen MR) is 137 cm³/mol. The number of aromatic nitrogens is 2. The lowest BCUT2D eigenvalue weighted by Gasteiger charge is -2.37. The third-order valence-electron chi connectivity index (χ3n) is 7.11. The van der Waals surface area contributed by atoms with Crippen molar-refractivity contribution in [1.82, 2.24) is 19.6 Å². The van der Waals surface area contributed by atoms with Crippen molar-refractivity contribution in [2.45, 2.75) is 32.9 Å². The minimum atomic E-state index is -2.92. The number of hydrogen-bond donors (Lipinski definition) is 0. The van der Waals surface area contributed by atoms with Gasteiger partial charge in [-0.05, 0) is 25.8 Å². The SMILES string of the molecule is Cc1ccc(Cn2cc(C(=O)N3CCN([C@@H]4CCS(=O)(=O)C4)CC3)c(-c3ccc(C)cc3)n2)cc1. The largest absolute Gasteiger partial charge is 0.336 e. The first-order valence-electron chi connectivity index (χ1n) is 12.2. The Labute approximate surface area is 207 Å². The van der Waals surface area contributed by atoms with Crippen LogP contribution in [-0.2, 0) is 16.4 Å². The van der Waals surface area contributed by atoms with E-state index in [1.54, 1.807) is 0 Å². The summed E-state index contributed by atoms with van der Waals surface area (Å²) in [6, 6.07) is 16.5. The monoisotopic (exact) mass is 492 g/mol. The lowest BCUT2D eigenvalue weighted by molar-refractivity contribution is 0.0588. The van der Waals surface area contributed by atoms with Crippen molar-refractivity contribution in [2.75, 3.05) is 37.7 Å². The number of rotatable bonds is 5. The van der Waals surface area contributed by atoms with E-state index in [4.69, 9.17) is 5.10 Å². The Bertz CT molecular complexity index is 1310. The molecule has 8 heteroatoms. The van der Waals surface area contributed by atoms with Crippen LogP contribution in [0.4, 0.5) is 0 Å². The van der Waals surface area contributed by atoms with Gasteiger partial charge in [-0.1, -0.05) is 59.7 Å². The topological polar surface area (TPSA) is 75.5 Å². The van der Waals surface area contributed by atoms with E-state index in [9.17, 15) is 13.2 Å². The van der Waals surface area contributed by atoms with E-state index in [0.29, 0.717) is 50.4 Å². The quantitative estimate of drug-likeness (QED) is 0.547.